The summed E-state index contributed by atoms with van der Waals surface area (Å²) in [5.74, 6) is 1.54. The van der Waals surface area contributed by atoms with Gasteiger partial charge in [-0.25, -0.2) is 4.98 Å². The molecule has 2 rings (SSSR count). The average Bonchev–Trinajstić information content (AvgIpc) is 2.98. The molecule has 0 radical (unpaired) electrons. The van der Waals surface area contributed by atoms with E-state index in [0.29, 0.717) is 0 Å². The fourth-order valence-electron chi connectivity index (χ4n) is 1.83. The van der Waals surface area contributed by atoms with Crippen molar-refractivity contribution in [3.63, 3.8) is 0 Å². The maximum atomic E-state index is 5.31. The van der Waals surface area contributed by atoms with Crippen LogP contribution in [0.15, 0.2) is 29.8 Å². The smallest absolute Gasteiger partial charge is 0.184 e. The van der Waals surface area contributed by atoms with Crippen LogP contribution in [-0.2, 0) is 6.42 Å². The Morgan fingerprint density at radius 1 is 1.21 bits per heavy atom. The van der Waals surface area contributed by atoms with E-state index in [2.05, 4.69) is 23.0 Å². The van der Waals surface area contributed by atoms with Crippen molar-refractivity contribution in [2.45, 2.75) is 6.42 Å². The highest BCUT2D eigenvalue weighted by Crippen LogP contribution is 2.27. The number of anilines is 1. The van der Waals surface area contributed by atoms with Gasteiger partial charge >= 0.3 is 0 Å². The number of likely N-dealkylation sites (N-methyl/N-ethyl adjacent to an activating group) is 1. The first-order valence-electron chi connectivity index (χ1n) is 6.06. The number of hydrogen-bond acceptors (Lipinski definition) is 5. The molecule has 0 N–H and O–H groups in total. The SMILES string of the molecule is COc1ccc(CCN(C)c2nccs2)cc1OC. The Kier molecular flexibility index (Phi) is 4.63. The summed E-state index contributed by atoms with van der Waals surface area (Å²) in [6, 6.07) is 6.03. The summed E-state index contributed by atoms with van der Waals surface area (Å²) < 4.78 is 10.5. The highest BCUT2D eigenvalue weighted by atomic mass is 32.1. The molecule has 0 bridgehead atoms. The van der Waals surface area contributed by atoms with Crippen molar-refractivity contribution in [1.29, 1.82) is 0 Å². The van der Waals surface area contributed by atoms with E-state index in [1.165, 1.54) is 5.56 Å². The van der Waals surface area contributed by atoms with Gasteiger partial charge in [-0.15, -0.1) is 11.3 Å². The molecule has 5 heteroatoms. The molecule has 0 spiro atoms. The largest absolute Gasteiger partial charge is 0.493 e. The van der Waals surface area contributed by atoms with Gasteiger partial charge in [-0.1, -0.05) is 6.07 Å². The molecule has 102 valence electrons. The van der Waals surface area contributed by atoms with Gasteiger partial charge in [0.1, 0.15) is 0 Å². The van der Waals surface area contributed by atoms with Gasteiger partial charge < -0.3 is 14.4 Å². The van der Waals surface area contributed by atoms with E-state index in [4.69, 9.17) is 9.47 Å². The second-order valence-corrected chi connectivity index (χ2v) is 5.05. The summed E-state index contributed by atoms with van der Waals surface area (Å²) in [5, 5.41) is 3.03. The first-order valence-corrected chi connectivity index (χ1v) is 6.94. The van der Waals surface area contributed by atoms with Gasteiger partial charge in [0.2, 0.25) is 0 Å². The van der Waals surface area contributed by atoms with E-state index in [-0.39, 0.29) is 0 Å². The Balaban J connectivity index is 1.99. The summed E-state index contributed by atoms with van der Waals surface area (Å²) >= 11 is 1.65. The van der Waals surface area contributed by atoms with E-state index in [9.17, 15) is 0 Å². The molecule has 0 atom stereocenters. The Labute approximate surface area is 117 Å². The predicted molar refractivity (Wildman–Crippen MR) is 78.6 cm³/mol. The molecule has 1 heterocycles. The van der Waals surface area contributed by atoms with Crippen LogP contribution in [0.25, 0.3) is 0 Å². The number of aromatic nitrogens is 1. The van der Waals surface area contributed by atoms with Crippen LogP contribution in [0.1, 0.15) is 5.56 Å². The predicted octanol–water partition coefficient (Wildman–Crippen LogP) is 2.84. The lowest BCUT2D eigenvalue weighted by atomic mass is 10.1. The van der Waals surface area contributed by atoms with E-state index in [1.807, 2.05) is 23.7 Å². The van der Waals surface area contributed by atoms with E-state index in [1.54, 1.807) is 25.6 Å². The molecule has 2 aromatic rings. The van der Waals surface area contributed by atoms with Crippen LogP contribution in [0.4, 0.5) is 5.13 Å². The van der Waals surface area contributed by atoms with Gasteiger partial charge in [0.15, 0.2) is 16.6 Å². The number of rotatable bonds is 6. The quantitative estimate of drug-likeness (QED) is 0.814. The van der Waals surface area contributed by atoms with Crippen molar-refractivity contribution in [1.82, 2.24) is 4.98 Å². The van der Waals surface area contributed by atoms with Gasteiger partial charge in [0.25, 0.3) is 0 Å². The number of hydrogen-bond donors (Lipinski definition) is 0. The van der Waals surface area contributed by atoms with Crippen molar-refractivity contribution in [3.05, 3.63) is 35.3 Å². The fourth-order valence-corrected chi connectivity index (χ4v) is 2.47. The molecular weight excluding hydrogens is 260 g/mol. The molecule has 1 aromatic heterocycles. The minimum Gasteiger partial charge on any atom is -0.493 e. The molecule has 0 aliphatic carbocycles. The number of methoxy groups -OCH3 is 2. The van der Waals surface area contributed by atoms with Crippen molar-refractivity contribution in [2.24, 2.45) is 0 Å². The van der Waals surface area contributed by atoms with Gasteiger partial charge in [-0.2, -0.15) is 0 Å². The zero-order valence-electron chi connectivity index (χ0n) is 11.4. The second-order valence-electron chi connectivity index (χ2n) is 4.18. The van der Waals surface area contributed by atoms with Crippen molar-refractivity contribution >= 4 is 16.5 Å². The van der Waals surface area contributed by atoms with Gasteiger partial charge in [0, 0.05) is 25.2 Å². The first-order chi connectivity index (χ1) is 9.24. The zero-order chi connectivity index (χ0) is 13.7. The third kappa shape index (κ3) is 3.38. The summed E-state index contributed by atoms with van der Waals surface area (Å²) in [6.45, 7) is 0.920. The molecule has 0 aliphatic heterocycles. The van der Waals surface area contributed by atoms with Crippen molar-refractivity contribution in [3.8, 4) is 11.5 Å². The van der Waals surface area contributed by atoms with Crippen LogP contribution in [-0.4, -0.2) is 32.8 Å². The maximum Gasteiger partial charge on any atom is 0.184 e. The van der Waals surface area contributed by atoms with Crippen LogP contribution in [0.3, 0.4) is 0 Å². The molecule has 0 amide bonds. The Hall–Kier alpha value is -1.75. The lowest BCUT2D eigenvalue weighted by Crippen LogP contribution is -2.19. The Morgan fingerprint density at radius 2 is 2.00 bits per heavy atom. The van der Waals surface area contributed by atoms with Crippen LogP contribution in [0.5, 0.6) is 11.5 Å². The molecule has 1 aromatic carbocycles. The molecule has 0 fully saturated rings. The lowest BCUT2D eigenvalue weighted by Gasteiger charge is -2.16. The van der Waals surface area contributed by atoms with E-state index >= 15 is 0 Å². The summed E-state index contributed by atoms with van der Waals surface area (Å²) in [5.41, 5.74) is 1.22. The zero-order valence-corrected chi connectivity index (χ0v) is 12.2. The van der Waals surface area contributed by atoms with E-state index in [0.717, 1.165) is 29.6 Å². The molecule has 0 saturated heterocycles. The normalized spacial score (nSPS) is 10.3. The summed E-state index contributed by atoms with van der Waals surface area (Å²) in [7, 11) is 5.36. The van der Waals surface area contributed by atoms with Gasteiger partial charge in [-0.3, -0.25) is 0 Å². The maximum absolute atomic E-state index is 5.31. The third-order valence-corrected chi connectivity index (χ3v) is 3.82. The number of ether oxygens (including phenoxy) is 2. The van der Waals surface area contributed by atoms with Gasteiger partial charge in [0.05, 0.1) is 14.2 Å². The highest BCUT2D eigenvalue weighted by molar-refractivity contribution is 7.13. The average molecular weight is 278 g/mol. The molecule has 4 nitrogen and oxygen atoms in total. The monoisotopic (exact) mass is 278 g/mol. The first kappa shape index (κ1) is 13.7. The standard InChI is InChI=1S/C14H18N2O2S/c1-16(14-15-7-9-19-14)8-6-11-4-5-12(17-2)13(10-11)18-3/h4-5,7,9-10H,6,8H2,1-3H3. The molecule has 19 heavy (non-hydrogen) atoms. The molecule has 0 unspecified atom stereocenters. The second kappa shape index (κ2) is 6.43. The third-order valence-electron chi connectivity index (χ3n) is 2.93. The van der Waals surface area contributed by atoms with Crippen molar-refractivity contribution < 1.29 is 9.47 Å². The Morgan fingerprint density at radius 3 is 2.63 bits per heavy atom. The number of nitrogens with zero attached hydrogens (tertiary/aromatic N) is 2. The van der Waals surface area contributed by atoms with E-state index < -0.39 is 0 Å². The number of benzene rings is 1. The van der Waals surface area contributed by atoms with Crippen LogP contribution >= 0.6 is 11.3 Å². The summed E-state index contributed by atoms with van der Waals surface area (Å²) in [6.07, 6.45) is 2.77. The van der Waals surface area contributed by atoms with Crippen LogP contribution in [0, 0.1) is 0 Å². The molecule has 0 saturated carbocycles. The minimum atomic E-state index is 0.763. The summed E-state index contributed by atoms with van der Waals surface area (Å²) in [4.78, 5) is 6.44. The minimum absolute atomic E-state index is 0.763. The molecule has 0 aliphatic rings. The highest BCUT2D eigenvalue weighted by Gasteiger charge is 2.07. The lowest BCUT2D eigenvalue weighted by molar-refractivity contribution is 0.354. The fraction of sp³-hybridized carbons (Fsp3) is 0.357. The molecular formula is C14H18N2O2S. The van der Waals surface area contributed by atoms with Crippen molar-refractivity contribution in [2.75, 3.05) is 32.7 Å². The van der Waals surface area contributed by atoms with Crippen LogP contribution in [0.2, 0.25) is 0 Å². The Bertz CT molecular complexity index is 514. The van der Waals surface area contributed by atoms with Gasteiger partial charge in [-0.05, 0) is 24.1 Å². The van der Waals surface area contributed by atoms with Crippen LogP contribution < -0.4 is 14.4 Å². The topological polar surface area (TPSA) is 34.6 Å². The number of thiazole rings is 1.